The molecule has 2 aromatic rings. The molecule has 8 heteroatoms. The Labute approximate surface area is 115 Å². The average molecular weight is 299 g/mol. The van der Waals surface area contributed by atoms with Crippen molar-refractivity contribution < 1.29 is 8.42 Å². The molecule has 0 unspecified atom stereocenters. The van der Waals surface area contributed by atoms with Crippen LogP contribution in [0.4, 0.5) is 17.5 Å². The van der Waals surface area contributed by atoms with E-state index in [4.69, 9.17) is 17.3 Å². The van der Waals surface area contributed by atoms with Crippen molar-refractivity contribution in [2.75, 3.05) is 17.3 Å². The van der Waals surface area contributed by atoms with Crippen LogP contribution in [0.3, 0.4) is 0 Å². The summed E-state index contributed by atoms with van der Waals surface area (Å²) >= 11 is 5.76. The maximum absolute atomic E-state index is 11.7. The third-order valence-electron chi connectivity index (χ3n) is 2.26. The second-order valence-corrected chi connectivity index (χ2v) is 6.20. The van der Waals surface area contributed by atoms with Crippen LogP contribution in [0.25, 0.3) is 0 Å². The van der Waals surface area contributed by atoms with Gasteiger partial charge in [-0.1, -0.05) is 23.7 Å². The Bertz CT molecular complexity index is 698. The number of hydrogen-bond donors (Lipinski definition) is 2. The molecule has 2 rings (SSSR count). The number of rotatable bonds is 3. The van der Waals surface area contributed by atoms with Gasteiger partial charge in [0.25, 0.3) is 0 Å². The summed E-state index contributed by atoms with van der Waals surface area (Å²) in [7, 11) is -3.34. The van der Waals surface area contributed by atoms with E-state index in [2.05, 4.69) is 15.3 Å². The van der Waals surface area contributed by atoms with Crippen LogP contribution in [0.1, 0.15) is 0 Å². The Morgan fingerprint density at radius 1 is 1.26 bits per heavy atom. The van der Waals surface area contributed by atoms with E-state index in [1.54, 1.807) is 18.2 Å². The zero-order chi connectivity index (χ0) is 14.0. The van der Waals surface area contributed by atoms with Gasteiger partial charge in [0.1, 0.15) is 11.0 Å². The quantitative estimate of drug-likeness (QED) is 0.839. The van der Waals surface area contributed by atoms with Crippen LogP contribution in [0, 0.1) is 0 Å². The molecule has 0 fully saturated rings. The first-order valence-electron chi connectivity index (χ1n) is 5.22. The standard InChI is InChI=1S/C11H11ClN4O2S/c1-19(17,18)8-5-3-2-4-7(8)14-10-6-9(12)15-11(13)16-10/h2-6H,1H3,(H3,13,14,15,16). The highest BCUT2D eigenvalue weighted by molar-refractivity contribution is 7.90. The lowest BCUT2D eigenvalue weighted by Gasteiger charge is -2.10. The van der Waals surface area contributed by atoms with Crippen LogP contribution in [0.15, 0.2) is 35.2 Å². The monoisotopic (exact) mass is 298 g/mol. The van der Waals surface area contributed by atoms with Crippen molar-refractivity contribution in [2.45, 2.75) is 4.90 Å². The van der Waals surface area contributed by atoms with Gasteiger partial charge in [0, 0.05) is 12.3 Å². The highest BCUT2D eigenvalue weighted by Gasteiger charge is 2.13. The number of aromatic nitrogens is 2. The van der Waals surface area contributed by atoms with Crippen molar-refractivity contribution >= 4 is 38.9 Å². The molecule has 1 heterocycles. The molecular formula is C11H11ClN4O2S. The van der Waals surface area contributed by atoms with Crippen molar-refractivity contribution in [2.24, 2.45) is 0 Å². The second-order valence-electron chi connectivity index (χ2n) is 3.83. The van der Waals surface area contributed by atoms with Crippen LogP contribution in [-0.2, 0) is 9.84 Å². The summed E-state index contributed by atoms with van der Waals surface area (Å²) < 4.78 is 23.3. The summed E-state index contributed by atoms with van der Waals surface area (Å²) in [6, 6.07) is 7.94. The lowest BCUT2D eigenvalue weighted by molar-refractivity contribution is 0.602. The van der Waals surface area contributed by atoms with E-state index < -0.39 is 9.84 Å². The van der Waals surface area contributed by atoms with Crippen LogP contribution in [-0.4, -0.2) is 24.6 Å². The van der Waals surface area contributed by atoms with E-state index in [1.807, 2.05) is 0 Å². The predicted molar refractivity (Wildman–Crippen MR) is 74.3 cm³/mol. The smallest absolute Gasteiger partial charge is 0.223 e. The number of anilines is 3. The van der Waals surface area contributed by atoms with Crippen molar-refractivity contribution in [3.05, 3.63) is 35.5 Å². The molecule has 6 nitrogen and oxygen atoms in total. The van der Waals surface area contributed by atoms with E-state index in [0.29, 0.717) is 11.5 Å². The van der Waals surface area contributed by atoms with Gasteiger partial charge in [0.05, 0.1) is 10.6 Å². The molecule has 0 aliphatic rings. The first kappa shape index (κ1) is 13.6. The van der Waals surface area contributed by atoms with Gasteiger partial charge < -0.3 is 11.1 Å². The predicted octanol–water partition coefficient (Wildman–Crippen LogP) is 1.86. The Morgan fingerprint density at radius 3 is 2.58 bits per heavy atom. The molecule has 0 spiro atoms. The molecule has 0 atom stereocenters. The summed E-state index contributed by atoms with van der Waals surface area (Å²) in [4.78, 5) is 7.82. The van der Waals surface area contributed by atoms with Gasteiger partial charge in [-0.05, 0) is 12.1 Å². The minimum absolute atomic E-state index is 0.00633. The maximum atomic E-state index is 11.7. The summed E-state index contributed by atoms with van der Waals surface area (Å²) in [5.41, 5.74) is 5.87. The molecule has 0 bridgehead atoms. The summed E-state index contributed by atoms with van der Waals surface area (Å²) in [5.74, 6) is 0.334. The lowest BCUT2D eigenvalue weighted by Crippen LogP contribution is -2.04. The molecule has 0 saturated carbocycles. The zero-order valence-corrected chi connectivity index (χ0v) is 11.5. The molecular weight excluding hydrogens is 288 g/mol. The highest BCUT2D eigenvalue weighted by Crippen LogP contribution is 2.24. The van der Waals surface area contributed by atoms with E-state index in [9.17, 15) is 8.42 Å². The van der Waals surface area contributed by atoms with E-state index in [0.717, 1.165) is 6.26 Å². The molecule has 1 aromatic heterocycles. The Morgan fingerprint density at radius 2 is 1.95 bits per heavy atom. The van der Waals surface area contributed by atoms with Gasteiger partial charge in [0.15, 0.2) is 9.84 Å². The molecule has 0 radical (unpaired) electrons. The van der Waals surface area contributed by atoms with Crippen molar-refractivity contribution in [1.29, 1.82) is 0 Å². The number of sulfone groups is 1. The van der Waals surface area contributed by atoms with Crippen molar-refractivity contribution in [1.82, 2.24) is 9.97 Å². The Kier molecular flexibility index (Phi) is 3.59. The van der Waals surface area contributed by atoms with E-state index in [1.165, 1.54) is 12.1 Å². The van der Waals surface area contributed by atoms with Gasteiger partial charge >= 0.3 is 0 Å². The minimum Gasteiger partial charge on any atom is -0.368 e. The van der Waals surface area contributed by atoms with Gasteiger partial charge in [-0.3, -0.25) is 0 Å². The topological polar surface area (TPSA) is 98.0 Å². The van der Waals surface area contributed by atoms with Crippen LogP contribution in [0.5, 0.6) is 0 Å². The number of benzene rings is 1. The second kappa shape index (κ2) is 5.02. The molecule has 100 valence electrons. The summed E-state index contributed by atoms with van der Waals surface area (Å²) in [5, 5.41) is 3.04. The first-order chi connectivity index (χ1) is 8.86. The number of nitrogen functional groups attached to an aromatic ring is 1. The zero-order valence-electron chi connectivity index (χ0n) is 9.96. The molecule has 3 N–H and O–H groups in total. The molecule has 0 saturated heterocycles. The van der Waals surface area contributed by atoms with Crippen molar-refractivity contribution in [3.63, 3.8) is 0 Å². The number of nitrogens with zero attached hydrogens (tertiary/aromatic N) is 2. The van der Waals surface area contributed by atoms with Crippen LogP contribution >= 0.6 is 11.6 Å². The third kappa shape index (κ3) is 3.33. The molecule has 0 amide bonds. The van der Waals surface area contributed by atoms with Crippen LogP contribution in [0.2, 0.25) is 5.15 Å². The molecule has 19 heavy (non-hydrogen) atoms. The fourth-order valence-corrected chi connectivity index (χ4v) is 2.56. The van der Waals surface area contributed by atoms with Gasteiger partial charge in [-0.2, -0.15) is 4.98 Å². The number of hydrogen-bond acceptors (Lipinski definition) is 6. The summed E-state index contributed by atoms with van der Waals surface area (Å²) in [6.07, 6.45) is 1.13. The summed E-state index contributed by atoms with van der Waals surface area (Å²) in [6.45, 7) is 0. The molecule has 1 aromatic carbocycles. The maximum Gasteiger partial charge on any atom is 0.223 e. The van der Waals surface area contributed by atoms with E-state index in [-0.39, 0.29) is 16.0 Å². The Balaban J connectivity index is 2.44. The normalized spacial score (nSPS) is 11.3. The van der Waals surface area contributed by atoms with Crippen LogP contribution < -0.4 is 11.1 Å². The number of nitrogens with two attached hydrogens (primary N) is 1. The first-order valence-corrected chi connectivity index (χ1v) is 7.49. The lowest BCUT2D eigenvalue weighted by atomic mass is 10.3. The average Bonchev–Trinajstić information content (AvgIpc) is 2.26. The minimum atomic E-state index is -3.34. The van der Waals surface area contributed by atoms with Crippen molar-refractivity contribution in [3.8, 4) is 0 Å². The Hall–Kier alpha value is -1.86. The number of para-hydroxylation sites is 1. The fraction of sp³-hybridized carbons (Fsp3) is 0.0909. The van der Waals surface area contributed by atoms with E-state index >= 15 is 0 Å². The van der Waals surface area contributed by atoms with Gasteiger partial charge in [-0.25, -0.2) is 13.4 Å². The highest BCUT2D eigenvalue weighted by atomic mass is 35.5. The largest absolute Gasteiger partial charge is 0.368 e. The third-order valence-corrected chi connectivity index (χ3v) is 3.61. The molecule has 0 aliphatic carbocycles. The van der Waals surface area contributed by atoms with Gasteiger partial charge in [0.2, 0.25) is 5.95 Å². The number of nitrogens with one attached hydrogen (secondary N) is 1. The molecule has 0 aliphatic heterocycles. The van der Waals surface area contributed by atoms with Gasteiger partial charge in [-0.15, -0.1) is 0 Å². The SMILES string of the molecule is CS(=O)(=O)c1ccccc1Nc1cc(Cl)nc(N)n1. The fourth-order valence-electron chi connectivity index (χ4n) is 1.53. The number of halogens is 1.